The zero-order chi connectivity index (χ0) is 13.1. The zero-order valence-corrected chi connectivity index (χ0v) is 12.6. The molecule has 3 nitrogen and oxygen atoms in total. The minimum absolute atomic E-state index is 0.260. The van der Waals surface area contributed by atoms with E-state index >= 15 is 0 Å². The highest BCUT2D eigenvalue weighted by Gasteiger charge is 2.28. The lowest BCUT2D eigenvalue weighted by Gasteiger charge is -2.45. The highest BCUT2D eigenvalue weighted by molar-refractivity contribution is 9.10. The van der Waals surface area contributed by atoms with Gasteiger partial charge in [0.2, 0.25) is 0 Å². The molecule has 100 valence electrons. The molecule has 0 aromatic heterocycles. The molecule has 2 unspecified atom stereocenters. The van der Waals surface area contributed by atoms with E-state index in [9.17, 15) is 0 Å². The molecular formula is C14H21BrN2O. The lowest BCUT2D eigenvalue weighted by molar-refractivity contribution is 0.154. The van der Waals surface area contributed by atoms with Crippen molar-refractivity contribution in [2.24, 2.45) is 0 Å². The quantitative estimate of drug-likeness (QED) is 0.928. The van der Waals surface area contributed by atoms with Crippen LogP contribution < -0.4 is 4.90 Å². The van der Waals surface area contributed by atoms with E-state index in [1.165, 1.54) is 5.69 Å². The molecule has 1 heterocycles. The van der Waals surface area contributed by atoms with Crippen LogP contribution >= 0.6 is 15.9 Å². The maximum Gasteiger partial charge on any atom is 0.0446 e. The molecule has 0 amide bonds. The number of benzene rings is 1. The van der Waals surface area contributed by atoms with Crippen LogP contribution in [0.25, 0.3) is 0 Å². The molecule has 0 aliphatic carbocycles. The van der Waals surface area contributed by atoms with Gasteiger partial charge in [-0.05, 0) is 38.6 Å². The molecule has 0 bridgehead atoms. The van der Waals surface area contributed by atoms with Crippen molar-refractivity contribution in [1.82, 2.24) is 4.90 Å². The van der Waals surface area contributed by atoms with Crippen molar-refractivity contribution in [3.05, 3.63) is 28.7 Å². The highest BCUT2D eigenvalue weighted by atomic mass is 79.9. The van der Waals surface area contributed by atoms with Crippen LogP contribution in [0.5, 0.6) is 0 Å². The van der Waals surface area contributed by atoms with Crippen LogP contribution in [-0.4, -0.2) is 48.8 Å². The number of hydrogen-bond acceptors (Lipinski definition) is 3. The molecule has 2 rings (SSSR count). The Kier molecular flexibility index (Phi) is 4.65. The minimum atomic E-state index is 0.260. The van der Waals surface area contributed by atoms with Crippen molar-refractivity contribution in [1.29, 1.82) is 0 Å². The minimum Gasteiger partial charge on any atom is -0.396 e. The summed E-state index contributed by atoms with van der Waals surface area (Å²) in [6, 6.07) is 9.38. The van der Waals surface area contributed by atoms with Gasteiger partial charge in [-0.1, -0.05) is 22.0 Å². The number of rotatable bonds is 3. The van der Waals surface area contributed by atoms with Crippen molar-refractivity contribution < 1.29 is 5.11 Å². The third-order valence-electron chi connectivity index (χ3n) is 3.72. The van der Waals surface area contributed by atoms with E-state index in [0.29, 0.717) is 12.1 Å². The topological polar surface area (TPSA) is 26.7 Å². The van der Waals surface area contributed by atoms with Gasteiger partial charge in [-0.3, -0.25) is 4.90 Å². The first-order chi connectivity index (χ1) is 8.61. The summed E-state index contributed by atoms with van der Waals surface area (Å²) < 4.78 is 1.12. The van der Waals surface area contributed by atoms with Gasteiger partial charge in [-0.15, -0.1) is 0 Å². The van der Waals surface area contributed by atoms with Gasteiger partial charge < -0.3 is 10.0 Å². The van der Waals surface area contributed by atoms with Crippen LogP contribution in [0.4, 0.5) is 5.69 Å². The average Bonchev–Trinajstić information content (AvgIpc) is 2.33. The normalized spacial score (nSPS) is 25.4. The van der Waals surface area contributed by atoms with E-state index < -0.39 is 0 Å². The second kappa shape index (κ2) is 6.04. The number of aliphatic hydroxyl groups is 1. The maximum absolute atomic E-state index is 9.15. The third kappa shape index (κ3) is 3.05. The summed E-state index contributed by atoms with van der Waals surface area (Å²) in [5, 5.41) is 9.15. The van der Waals surface area contributed by atoms with Gasteiger partial charge in [-0.25, -0.2) is 0 Å². The van der Waals surface area contributed by atoms with E-state index in [1.54, 1.807) is 0 Å². The Bertz CT molecular complexity index is 399. The number of piperazine rings is 1. The number of nitrogens with zero attached hydrogens (tertiary/aromatic N) is 2. The van der Waals surface area contributed by atoms with Crippen LogP contribution in [-0.2, 0) is 0 Å². The van der Waals surface area contributed by atoms with E-state index in [2.05, 4.69) is 64.0 Å². The molecule has 1 aromatic carbocycles. The molecule has 1 aliphatic heterocycles. The van der Waals surface area contributed by atoms with Gasteiger partial charge in [0.15, 0.2) is 0 Å². The predicted molar refractivity (Wildman–Crippen MR) is 79.1 cm³/mol. The van der Waals surface area contributed by atoms with Crippen molar-refractivity contribution in [2.75, 3.05) is 31.6 Å². The highest BCUT2D eigenvalue weighted by Crippen LogP contribution is 2.26. The number of hydrogen-bond donors (Lipinski definition) is 1. The standard InChI is InChI=1S/C14H21BrN2O/c1-11-9-16(2)14(6-7-18)10-17(11)13-5-3-4-12(15)8-13/h3-5,8,11,14,18H,6-7,9-10H2,1-2H3. The molecule has 0 spiro atoms. The number of aliphatic hydroxyl groups excluding tert-OH is 1. The van der Waals surface area contributed by atoms with Crippen LogP contribution in [0, 0.1) is 0 Å². The molecule has 1 saturated heterocycles. The Morgan fingerprint density at radius 2 is 2.17 bits per heavy atom. The first kappa shape index (κ1) is 13.8. The fourth-order valence-corrected chi connectivity index (χ4v) is 3.07. The van der Waals surface area contributed by atoms with Crippen molar-refractivity contribution >= 4 is 21.6 Å². The average molecular weight is 313 g/mol. The third-order valence-corrected chi connectivity index (χ3v) is 4.21. The molecule has 1 N–H and O–H groups in total. The summed E-state index contributed by atoms with van der Waals surface area (Å²) in [4.78, 5) is 4.79. The van der Waals surface area contributed by atoms with E-state index in [1.807, 2.05) is 0 Å². The van der Waals surface area contributed by atoms with Crippen LogP contribution in [0.15, 0.2) is 28.7 Å². The summed E-state index contributed by atoms with van der Waals surface area (Å²) in [6.07, 6.45) is 0.841. The van der Waals surface area contributed by atoms with E-state index in [0.717, 1.165) is 24.0 Å². The molecule has 0 radical (unpaired) electrons. The summed E-state index contributed by atoms with van der Waals surface area (Å²) >= 11 is 3.53. The second-order valence-electron chi connectivity index (χ2n) is 5.09. The Balaban J connectivity index is 2.16. The lowest BCUT2D eigenvalue weighted by atomic mass is 10.0. The van der Waals surface area contributed by atoms with Crippen molar-refractivity contribution in [3.63, 3.8) is 0 Å². The van der Waals surface area contributed by atoms with Gasteiger partial charge in [0.25, 0.3) is 0 Å². The number of likely N-dealkylation sites (N-methyl/N-ethyl adjacent to an activating group) is 1. The SMILES string of the molecule is CC1CN(C)C(CCO)CN1c1cccc(Br)c1. The number of halogens is 1. The summed E-state index contributed by atoms with van der Waals surface area (Å²) in [6.45, 7) is 4.54. The van der Waals surface area contributed by atoms with Crippen LogP contribution in [0.3, 0.4) is 0 Å². The van der Waals surface area contributed by atoms with Gasteiger partial charge >= 0.3 is 0 Å². The molecule has 1 fully saturated rings. The van der Waals surface area contributed by atoms with Gasteiger partial charge in [0, 0.05) is 41.9 Å². The summed E-state index contributed by atoms with van der Waals surface area (Å²) in [7, 11) is 2.15. The molecule has 18 heavy (non-hydrogen) atoms. The summed E-state index contributed by atoms with van der Waals surface area (Å²) in [5.41, 5.74) is 1.26. The van der Waals surface area contributed by atoms with Gasteiger partial charge in [0.1, 0.15) is 0 Å². The number of anilines is 1. The molecule has 2 atom stereocenters. The van der Waals surface area contributed by atoms with E-state index in [4.69, 9.17) is 5.11 Å². The lowest BCUT2D eigenvalue weighted by Crippen LogP contribution is -2.56. The Hall–Kier alpha value is -0.580. The molecule has 1 aliphatic rings. The fraction of sp³-hybridized carbons (Fsp3) is 0.571. The predicted octanol–water partition coefficient (Wildman–Crippen LogP) is 2.34. The maximum atomic E-state index is 9.15. The monoisotopic (exact) mass is 312 g/mol. The Morgan fingerprint density at radius 3 is 2.83 bits per heavy atom. The Morgan fingerprint density at radius 1 is 1.39 bits per heavy atom. The first-order valence-corrected chi connectivity index (χ1v) is 7.24. The fourth-order valence-electron chi connectivity index (χ4n) is 2.69. The molecule has 4 heteroatoms. The molecular weight excluding hydrogens is 292 g/mol. The van der Waals surface area contributed by atoms with Crippen molar-refractivity contribution in [3.8, 4) is 0 Å². The van der Waals surface area contributed by atoms with Crippen LogP contribution in [0.1, 0.15) is 13.3 Å². The smallest absolute Gasteiger partial charge is 0.0446 e. The largest absolute Gasteiger partial charge is 0.396 e. The van der Waals surface area contributed by atoms with Crippen molar-refractivity contribution in [2.45, 2.75) is 25.4 Å². The molecule has 1 aromatic rings. The molecule has 0 saturated carbocycles. The van der Waals surface area contributed by atoms with Gasteiger partial charge in [0.05, 0.1) is 0 Å². The van der Waals surface area contributed by atoms with Gasteiger partial charge in [-0.2, -0.15) is 0 Å². The summed E-state index contributed by atoms with van der Waals surface area (Å²) in [5.74, 6) is 0. The second-order valence-corrected chi connectivity index (χ2v) is 6.00. The van der Waals surface area contributed by atoms with E-state index in [-0.39, 0.29) is 6.61 Å². The zero-order valence-electron chi connectivity index (χ0n) is 11.0. The Labute approximate surface area is 118 Å². The first-order valence-electron chi connectivity index (χ1n) is 6.45. The van der Waals surface area contributed by atoms with Crippen LogP contribution in [0.2, 0.25) is 0 Å².